The number of fused-ring (bicyclic) bond motifs is 1. The Hall–Kier alpha value is -1.15. The summed E-state index contributed by atoms with van der Waals surface area (Å²) < 4.78 is 7.54. The van der Waals surface area contributed by atoms with E-state index < -0.39 is 0 Å². The quantitative estimate of drug-likeness (QED) is 0.726. The van der Waals surface area contributed by atoms with Crippen molar-refractivity contribution < 1.29 is 4.74 Å². The molecule has 1 heterocycles. The molecule has 0 atom stereocenters. The van der Waals surface area contributed by atoms with E-state index in [0.29, 0.717) is 5.88 Å². The second-order valence-corrected chi connectivity index (χ2v) is 3.83. The van der Waals surface area contributed by atoms with Gasteiger partial charge in [-0.25, -0.2) is 0 Å². The molecule has 80 valence electrons. The fourth-order valence-corrected chi connectivity index (χ4v) is 1.93. The molecule has 0 saturated heterocycles. The van der Waals surface area contributed by atoms with E-state index >= 15 is 0 Å². The molecule has 0 aliphatic heterocycles. The predicted molar refractivity (Wildman–Crippen MR) is 63.8 cm³/mol. The van der Waals surface area contributed by atoms with E-state index in [9.17, 15) is 0 Å². The molecule has 0 aliphatic carbocycles. The van der Waals surface area contributed by atoms with Gasteiger partial charge in [0.25, 0.3) is 0 Å². The Balaban J connectivity index is 2.46. The molecule has 0 aliphatic rings. The van der Waals surface area contributed by atoms with Crippen molar-refractivity contribution in [3.8, 4) is 5.75 Å². The van der Waals surface area contributed by atoms with E-state index in [1.54, 1.807) is 7.11 Å². The molecule has 15 heavy (non-hydrogen) atoms. The lowest BCUT2D eigenvalue weighted by Crippen LogP contribution is -1.98. The third kappa shape index (κ3) is 1.95. The van der Waals surface area contributed by atoms with Crippen molar-refractivity contribution in [1.29, 1.82) is 0 Å². The van der Waals surface area contributed by atoms with Crippen LogP contribution in [-0.4, -0.2) is 17.6 Å². The maximum atomic E-state index is 5.70. The Labute approximate surface area is 94.4 Å². The number of methoxy groups -OCH3 is 1. The Morgan fingerprint density at radius 3 is 2.93 bits per heavy atom. The minimum Gasteiger partial charge on any atom is -0.495 e. The molecular weight excluding hydrogens is 210 g/mol. The van der Waals surface area contributed by atoms with E-state index in [4.69, 9.17) is 16.3 Å². The summed E-state index contributed by atoms with van der Waals surface area (Å²) in [7, 11) is 1.70. The highest BCUT2D eigenvalue weighted by Crippen LogP contribution is 2.26. The summed E-state index contributed by atoms with van der Waals surface area (Å²) >= 11 is 5.70. The highest BCUT2D eigenvalue weighted by molar-refractivity contribution is 6.17. The van der Waals surface area contributed by atoms with Crippen molar-refractivity contribution >= 4 is 22.5 Å². The monoisotopic (exact) mass is 223 g/mol. The van der Waals surface area contributed by atoms with Gasteiger partial charge in [0.05, 0.1) is 12.6 Å². The van der Waals surface area contributed by atoms with Crippen molar-refractivity contribution in [1.82, 2.24) is 4.57 Å². The molecule has 3 heteroatoms. The maximum Gasteiger partial charge on any atom is 0.143 e. The van der Waals surface area contributed by atoms with Crippen LogP contribution in [0.5, 0.6) is 5.75 Å². The molecule has 2 nitrogen and oxygen atoms in total. The zero-order valence-corrected chi connectivity index (χ0v) is 9.50. The minimum atomic E-state index is 0.689. The Morgan fingerprint density at radius 2 is 2.20 bits per heavy atom. The number of aromatic nitrogens is 1. The number of hydrogen-bond acceptors (Lipinski definition) is 1. The summed E-state index contributed by atoms with van der Waals surface area (Å²) in [6.07, 6.45) is 3.06. The standard InChI is InChI=1S/C12H14ClNO/c1-15-11-5-2-4-10-6-9-14(12(10)11)8-3-7-13/h2,4-6,9H,3,7-8H2,1H3. The first-order valence-electron chi connectivity index (χ1n) is 5.04. The molecule has 0 saturated carbocycles. The van der Waals surface area contributed by atoms with Crippen LogP contribution >= 0.6 is 11.6 Å². The SMILES string of the molecule is COc1cccc2ccn(CCCCl)c12. The second-order valence-electron chi connectivity index (χ2n) is 3.45. The zero-order valence-electron chi connectivity index (χ0n) is 8.74. The molecule has 2 rings (SSSR count). The summed E-state index contributed by atoms with van der Waals surface area (Å²) in [5.41, 5.74) is 1.16. The highest BCUT2D eigenvalue weighted by atomic mass is 35.5. The van der Waals surface area contributed by atoms with E-state index in [-0.39, 0.29) is 0 Å². The van der Waals surface area contributed by atoms with Crippen LogP contribution in [0.4, 0.5) is 0 Å². The number of aryl methyl sites for hydroxylation is 1. The summed E-state index contributed by atoms with van der Waals surface area (Å²) in [5.74, 6) is 1.61. The van der Waals surface area contributed by atoms with Crippen molar-refractivity contribution in [2.45, 2.75) is 13.0 Å². The molecule has 0 bridgehead atoms. The van der Waals surface area contributed by atoms with E-state index in [2.05, 4.69) is 22.9 Å². The van der Waals surface area contributed by atoms with Crippen molar-refractivity contribution in [3.63, 3.8) is 0 Å². The normalized spacial score (nSPS) is 10.8. The van der Waals surface area contributed by atoms with Crippen LogP contribution in [0.15, 0.2) is 30.5 Å². The van der Waals surface area contributed by atoms with Crippen LogP contribution in [0.2, 0.25) is 0 Å². The van der Waals surface area contributed by atoms with E-state index in [1.807, 2.05) is 12.1 Å². The lowest BCUT2D eigenvalue weighted by atomic mass is 10.2. The average molecular weight is 224 g/mol. The summed E-state index contributed by atoms with van der Waals surface area (Å²) in [5, 5.41) is 1.21. The first-order valence-corrected chi connectivity index (χ1v) is 5.58. The number of para-hydroxylation sites is 1. The molecule has 0 fully saturated rings. The number of alkyl halides is 1. The van der Waals surface area contributed by atoms with Crippen LogP contribution in [0.1, 0.15) is 6.42 Å². The van der Waals surface area contributed by atoms with Gasteiger partial charge in [-0.15, -0.1) is 11.6 Å². The maximum absolute atomic E-state index is 5.70. The summed E-state index contributed by atoms with van der Waals surface area (Å²) in [4.78, 5) is 0. The van der Waals surface area contributed by atoms with Crippen LogP contribution in [0, 0.1) is 0 Å². The van der Waals surface area contributed by atoms with Gasteiger partial charge in [0.2, 0.25) is 0 Å². The molecule has 0 amide bonds. The number of halogens is 1. The predicted octanol–water partition coefficient (Wildman–Crippen LogP) is 3.28. The van der Waals surface area contributed by atoms with E-state index in [0.717, 1.165) is 24.2 Å². The average Bonchev–Trinajstić information content (AvgIpc) is 2.69. The Morgan fingerprint density at radius 1 is 1.33 bits per heavy atom. The Bertz CT molecular complexity index is 450. The van der Waals surface area contributed by atoms with Crippen LogP contribution in [0.3, 0.4) is 0 Å². The van der Waals surface area contributed by atoms with Gasteiger partial charge in [-0.3, -0.25) is 0 Å². The third-order valence-corrected chi connectivity index (χ3v) is 2.77. The molecule has 0 radical (unpaired) electrons. The summed E-state index contributed by atoms with van der Waals surface area (Å²) in [6, 6.07) is 8.19. The number of ether oxygens (including phenoxy) is 1. The van der Waals surface area contributed by atoms with Gasteiger partial charge >= 0.3 is 0 Å². The molecule has 2 aromatic rings. The lowest BCUT2D eigenvalue weighted by Gasteiger charge is -2.07. The van der Waals surface area contributed by atoms with Gasteiger partial charge in [0.15, 0.2) is 0 Å². The van der Waals surface area contributed by atoms with Gasteiger partial charge in [-0.1, -0.05) is 12.1 Å². The van der Waals surface area contributed by atoms with Crippen LogP contribution in [0.25, 0.3) is 10.9 Å². The van der Waals surface area contributed by atoms with Gasteiger partial charge < -0.3 is 9.30 Å². The molecule has 0 N–H and O–H groups in total. The van der Waals surface area contributed by atoms with Gasteiger partial charge in [0, 0.05) is 24.0 Å². The number of rotatable bonds is 4. The fourth-order valence-electron chi connectivity index (χ4n) is 1.81. The number of nitrogens with zero attached hydrogens (tertiary/aromatic N) is 1. The number of benzene rings is 1. The first-order chi connectivity index (χ1) is 7.36. The van der Waals surface area contributed by atoms with E-state index in [1.165, 1.54) is 5.39 Å². The van der Waals surface area contributed by atoms with Crippen LogP contribution < -0.4 is 4.74 Å². The molecule has 1 aromatic heterocycles. The minimum absolute atomic E-state index is 0.689. The van der Waals surface area contributed by atoms with Crippen molar-refractivity contribution in [2.24, 2.45) is 0 Å². The lowest BCUT2D eigenvalue weighted by molar-refractivity contribution is 0.417. The highest BCUT2D eigenvalue weighted by Gasteiger charge is 2.05. The number of hydrogen-bond donors (Lipinski definition) is 0. The molecule has 0 spiro atoms. The van der Waals surface area contributed by atoms with Gasteiger partial charge in [-0.05, 0) is 18.6 Å². The van der Waals surface area contributed by atoms with Gasteiger partial charge in [-0.2, -0.15) is 0 Å². The van der Waals surface area contributed by atoms with Crippen LogP contribution in [-0.2, 0) is 6.54 Å². The zero-order chi connectivity index (χ0) is 10.7. The van der Waals surface area contributed by atoms with Gasteiger partial charge in [0.1, 0.15) is 5.75 Å². The van der Waals surface area contributed by atoms with Crippen molar-refractivity contribution in [3.05, 3.63) is 30.5 Å². The van der Waals surface area contributed by atoms with Crippen molar-refractivity contribution in [2.75, 3.05) is 13.0 Å². The summed E-state index contributed by atoms with van der Waals surface area (Å²) in [6.45, 7) is 0.938. The molecular formula is C12H14ClNO. The molecule has 1 aromatic carbocycles. The smallest absolute Gasteiger partial charge is 0.143 e. The second kappa shape index (κ2) is 4.58. The Kier molecular flexibility index (Phi) is 3.17. The first kappa shape index (κ1) is 10.4. The topological polar surface area (TPSA) is 14.2 Å². The third-order valence-electron chi connectivity index (χ3n) is 2.50. The largest absolute Gasteiger partial charge is 0.495 e. The molecule has 0 unspecified atom stereocenters. The fraction of sp³-hybridized carbons (Fsp3) is 0.333.